The fourth-order valence-electron chi connectivity index (χ4n) is 3.90. The maximum Gasteiger partial charge on any atom is 0.254 e. The van der Waals surface area contributed by atoms with Gasteiger partial charge in [-0.15, -0.1) is 11.3 Å². The summed E-state index contributed by atoms with van der Waals surface area (Å²) in [4.78, 5) is 22.2. The molecule has 2 heterocycles. The van der Waals surface area contributed by atoms with Gasteiger partial charge in [0.15, 0.2) is 11.5 Å². The van der Waals surface area contributed by atoms with E-state index in [1.165, 1.54) is 4.70 Å². The zero-order valence-electron chi connectivity index (χ0n) is 18.3. The summed E-state index contributed by atoms with van der Waals surface area (Å²) in [5.41, 5.74) is 1.70. The van der Waals surface area contributed by atoms with Gasteiger partial charge in [0.05, 0.1) is 29.5 Å². The molecule has 0 aliphatic carbocycles. The van der Waals surface area contributed by atoms with Gasteiger partial charge in [0.2, 0.25) is 0 Å². The topological polar surface area (TPSA) is 54.9 Å². The zero-order chi connectivity index (χ0) is 21.8. The average molecular weight is 440 g/mol. The minimum Gasteiger partial charge on any atom is -0.490 e. The number of aromatic nitrogens is 1. The molecule has 1 aliphatic rings. The maximum atomic E-state index is 13.1. The number of rotatable bonds is 7. The largest absolute Gasteiger partial charge is 0.490 e. The van der Waals surface area contributed by atoms with Crippen molar-refractivity contribution in [2.75, 3.05) is 39.4 Å². The summed E-state index contributed by atoms with van der Waals surface area (Å²) in [6, 6.07) is 14.0. The zero-order valence-corrected chi connectivity index (χ0v) is 19.2. The van der Waals surface area contributed by atoms with E-state index in [0.29, 0.717) is 43.4 Å². The van der Waals surface area contributed by atoms with Crippen LogP contribution in [0.25, 0.3) is 10.2 Å². The Labute approximate surface area is 187 Å². The molecule has 1 fully saturated rings. The number of nitrogens with zero attached hydrogens (tertiary/aromatic N) is 3. The molecule has 0 radical (unpaired) electrons. The number of hydrogen-bond acceptors (Lipinski definition) is 6. The van der Waals surface area contributed by atoms with Gasteiger partial charge in [-0.25, -0.2) is 4.98 Å². The number of carbonyl (C=O) groups is 1. The van der Waals surface area contributed by atoms with Gasteiger partial charge in [-0.3, -0.25) is 9.69 Å². The van der Waals surface area contributed by atoms with Gasteiger partial charge in [0.25, 0.3) is 5.91 Å². The number of para-hydroxylation sites is 1. The lowest BCUT2D eigenvalue weighted by atomic mass is 10.1. The lowest BCUT2D eigenvalue weighted by molar-refractivity contribution is 0.0581. The number of thiazole rings is 1. The van der Waals surface area contributed by atoms with E-state index in [9.17, 15) is 4.79 Å². The molecule has 1 atom stereocenters. The van der Waals surface area contributed by atoms with Crippen LogP contribution in [0.3, 0.4) is 0 Å². The van der Waals surface area contributed by atoms with Gasteiger partial charge < -0.3 is 14.4 Å². The lowest BCUT2D eigenvalue weighted by Crippen LogP contribution is -2.49. The van der Waals surface area contributed by atoms with Crippen LogP contribution in [0.4, 0.5) is 0 Å². The Morgan fingerprint density at radius 1 is 1.03 bits per heavy atom. The van der Waals surface area contributed by atoms with Crippen LogP contribution in [0, 0.1) is 0 Å². The second kappa shape index (κ2) is 9.66. The standard InChI is InChI=1S/C24H29N3O3S/c1-4-29-20-11-10-18(16-21(20)30-5-2)24(28)27-14-12-26(13-15-27)17(3)23-25-19-8-6-7-9-22(19)31-23/h6-11,16-17H,4-5,12-15H2,1-3H3. The fraction of sp³-hybridized carbons (Fsp3) is 0.417. The number of ether oxygens (including phenoxy) is 2. The molecular formula is C24H29N3O3S. The quantitative estimate of drug-likeness (QED) is 0.538. The molecule has 6 nitrogen and oxygen atoms in total. The van der Waals surface area contributed by atoms with E-state index in [4.69, 9.17) is 14.5 Å². The lowest BCUT2D eigenvalue weighted by Gasteiger charge is -2.37. The first-order valence-electron chi connectivity index (χ1n) is 10.9. The Morgan fingerprint density at radius 3 is 2.45 bits per heavy atom. The van der Waals surface area contributed by atoms with E-state index >= 15 is 0 Å². The van der Waals surface area contributed by atoms with Crippen molar-refractivity contribution in [1.82, 2.24) is 14.8 Å². The van der Waals surface area contributed by atoms with Crippen molar-refractivity contribution in [2.24, 2.45) is 0 Å². The third kappa shape index (κ3) is 4.67. The molecule has 0 N–H and O–H groups in total. The van der Waals surface area contributed by atoms with Crippen molar-refractivity contribution in [1.29, 1.82) is 0 Å². The monoisotopic (exact) mass is 439 g/mol. The SMILES string of the molecule is CCOc1ccc(C(=O)N2CCN(C(C)c3nc4ccccc4s3)CC2)cc1OCC. The van der Waals surface area contributed by atoms with Crippen LogP contribution in [0.2, 0.25) is 0 Å². The molecular weight excluding hydrogens is 410 g/mol. The summed E-state index contributed by atoms with van der Waals surface area (Å²) in [5.74, 6) is 1.34. The van der Waals surface area contributed by atoms with E-state index in [0.717, 1.165) is 23.6 Å². The molecule has 4 rings (SSSR count). The molecule has 3 aromatic rings. The highest BCUT2D eigenvalue weighted by Crippen LogP contribution is 2.31. The van der Waals surface area contributed by atoms with Crippen LogP contribution in [0.1, 0.15) is 42.2 Å². The number of carbonyl (C=O) groups excluding carboxylic acids is 1. The average Bonchev–Trinajstić information content (AvgIpc) is 3.24. The molecule has 0 spiro atoms. The van der Waals surface area contributed by atoms with Gasteiger partial charge in [-0.05, 0) is 51.1 Å². The molecule has 1 saturated heterocycles. The van der Waals surface area contributed by atoms with Crippen LogP contribution < -0.4 is 9.47 Å². The number of hydrogen-bond donors (Lipinski definition) is 0. The van der Waals surface area contributed by atoms with E-state index in [2.05, 4.69) is 30.0 Å². The Bertz CT molecular complexity index is 1010. The normalized spacial score (nSPS) is 15.8. The first-order chi connectivity index (χ1) is 15.1. The molecule has 1 unspecified atom stereocenters. The number of amides is 1. The van der Waals surface area contributed by atoms with Crippen molar-refractivity contribution in [3.05, 3.63) is 53.0 Å². The van der Waals surface area contributed by atoms with Crippen LogP contribution in [0.15, 0.2) is 42.5 Å². The highest BCUT2D eigenvalue weighted by Gasteiger charge is 2.27. The number of benzene rings is 2. The molecule has 0 saturated carbocycles. The van der Waals surface area contributed by atoms with E-state index < -0.39 is 0 Å². The molecule has 164 valence electrons. The van der Waals surface area contributed by atoms with Crippen LogP contribution in [-0.4, -0.2) is 60.1 Å². The van der Waals surface area contributed by atoms with Gasteiger partial charge >= 0.3 is 0 Å². The van der Waals surface area contributed by atoms with Crippen molar-refractivity contribution >= 4 is 27.5 Å². The third-order valence-electron chi connectivity index (χ3n) is 5.61. The molecule has 1 aromatic heterocycles. The second-order valence-corrected chi connectivity index (χ2v) is 8.61. The number of fused-ring (bicyclic) bond motifs is 1. The second-order valence-electron chi connectivity index (χ2n) is 7.55. The Kier molecular flexibility index (Phi) is 6.73. The Hall–Kier alpha value is -2.64. The van der Waals surface area contributed by atoms with E-state index in [1.807, 2.05) is 36.9 Å². The van der Waals surface area contributed by atoms with Gasteiger partial charge in [-0.2, -0.15) is 0 Å². The smallest absolute Gasteiger partial charge is 0.254 e. The highest BCUT2D eigenvalue weighted by atomic mass is 32.1. The molecule has 31 heavy (non-hydrogen) atoms. The van der Waals surface area contributed by atoms with Crippen LogP contribution >= 0.6 is 11.3 Å². The van der Waals surface area contributed by atoms with Gasteiger partial charge in [0.1, 0.15) is 5.01 Å². The van der Waals surface area contributed by atoms with Gasteiger partial charge in [0, 0.05) is 31.7 Å². The van der Waals surface area contributed by atoms with E-state index in [-0.39, 0.29) is 11.9 Å². The predicted molar refractivity (Wildman–Crippen MR) is 124 cm³/mol. The summed E-state index contributed by atoms with van der Waals surface area (Å²) in [7, 11) is 0. The van der Waals surface area contributed by atoms with Gasteiger partial charge in [-0.1, -0.05) is 12.1 Å². The molecule has 2 aromatic carbocycles. The summed E-state index contributed by atoms with van der Waals surface area (Å²) in [6.07, 6.45) is 0. The van der Waals surface area contributed by atoms with Crippen molar-refractivity contribution in [3.63, 3.8) is 0 Å². The summed E-state index contributed by atoms with van der Waals surface area (Å²) in [5, 5.41) is 1.13. The molecule has 1 amide bonds. The van der Waals surface area contributed by atoms with Crippen molar-refractivity contribution < 1.29 is 14.3 Å². The first kappa shape index (κ1) is 21.6. The van der Waals surface area contributed by atoms with E-state index in [1.54, 1.807) is 17.4 Å². The van der Waals surface area contributed by atoms with Crippen molar-refractivity contribution in [2.45, 2.75) is 26.8 Å². The highest BCUT2D eigenvalue weighted by molar-refractivity contribution is 7.18. The minimum atomic E-state index is 0.0382. The van der Waals surface area contributed by atoms with Crippen molar-refractivity contribution in [3.8, 4) is 11.5 Å². The predicted octanol–water partition coefficient (Wildman–Crippen LogP) is 4.61. The summed E-state index contributed by atoms with van der Waals surface area (Å²) < 4.78 is 12.5. The fourth-order valence-corrected chi connectivity index (χ4v) is 4.96. The molecule has 0 bridgehead atoms. The van der Waals surface area contributed by atoms with Crippen LogP contribution in [-0.2, 0) is 0 Å². The summed E-state index contributed by atoms with van der Waals surface area (Å²) in [6.45, 7) is 10.2. The third-order valence-corrected chi connectivity index (χ3v) is 6.81. The first-order valence-corrected chi connectivity index (χ1v) is 11.7. The van der Waals surface area contributed by atoms with Crippen LogP contribution in [0.5, 0.6) is 11.5 Å². The maximum absolute atomic E-state index is 13.1. The Balaban J connectivity index is 1.41. The summed E-state index contributed by atoms with van der Waals surface area (Å²) >= 11 is 1.76. The Morgan fingerprint density at radius 2 is 1.74 bits per heavy atom. The molecule has 7 heteroatoms. The number of piperazine rings is 1. The molecule has 1 aliphatic heterocycles. The minimum absolute atomic E-state index is 0.0382.